The molecule has 0 spiro atoms. The van der Waals surface area contributed by atoms with Crippen molar-refractivity contribution in [1.82, 2.24) is 5.32 Å². The monoisotopic (exact) mass is 653 g/mol. The van der Waals surface area contributed by atoms with Crippen LogP contribution >= 0.6 is 11.8 Å². The third-order valence-electron chi connectivity index (χ3n) is 6.88. The second kappa shape index (κ2) is 16.1. The minimum absolute atomic E-state index is 0.0202. The molecule has 0 saturated heterocycles. The standard InChI is InChI=1S/C36H35N3O7S/c1-22(40)25-11-13-27(14-12-25)37-34(41)23(2)47-29-17-15-28(16-18-29)38-36(43)30(39-35(42)26-9-7-6-8-10-26)19-24-20-31(44-3)33(46-5)32(21-24)45-4/h6-21,23H,1-5H3,(H,37,41)(H,38,43)(H,39,42)/b30-19-. The lowest BCUT2D eigenvalue weighted by Gasteiger charge is -2.15. The van der Waals surface area contributed by atoms with Gasteiger partial charge in [0.1, 0.15) is 5.70 Å². The topological polar surface area (TPSA) is 132 Å². The summed E-state index contributed by atoms with van der Waals surface area (Å²) in [5.74, 6) is -0.115. The van der Waals surface area contributed by atoms with Crippen LogP contribution in [-0.2, 0) is 9.59 Å². The number of ether oxygens (including phenoxy) is 3. The highest BCUT2D eigenvalue weighted by Crippen LogP contribution is 2.38. The minimum atomic E-state index is -0.563. The summed E-state index contributed by atoms with van der Waals surface area (Å²) in [4.78, 5) is 51.7. The summed E-state index contributed by atoms with van der Waals surface area (Å²) in [5, 5.41) is 7.97. The molecule has 4 aromatic rings. The Morgan fingerprint density at radius 3 is 1.85 bits per heavy atom. The molecule has 0 aliphatic heterocycles. The molecule has 0 fully saturated rings. The van der Waals surface area contributed by atoms with Crippen LogP contribution in [0.2, 0.25) is 0 Å². The van der Waals surface area contributed by atoms with Crippen molar-refractivity contribution < 1.29 is 33.4 Å². The van der Waals surface area contributed by atoms with Crippen LogP contribution < -0.4 is 30.2 Å². The number of methoxy groups -OCH3 is 3. The Bertz CT molecular complexity index is 1750. The van der Waals surface area contributed by atoms with Gasteiger partial charge >= 0.3 is 0 Å². The molecule has 4 rings (SSSR count). The van der Waals surface area contributed by atoms with Crippen molar-refractivity contribution >= 4 is 52.7 Å². The predicted molar refractivity (Wildman–Crippen MR) is 183 cm³/mol. The summed E-state index contributed by atoms with van der Waals surface area (Å²) in [7, 11) is 4.46. The van der Waals surface area contributed by atoms with Crippen molar-refractivity contribution in [3.63, 3.8) is 0 Å². The van der Waals surface area contributed by atoms with E-state index in [1.54, 1.807) is 97.9 Å². The summed E-state index contributed by atoms with van der Waals surface area (Å²) in [6.45, 7) is 3.27. The lowest BCUT2D eigenvalue weighted by atomic mass is 10.1. The van der Waals surface area contributed by atoms with E-state index in [4.69, 9.17) is 14.2 Å². The number of nitrogens with one attached hydrogen (secondary N) is 3. The van der Waals surface area contributed by atoms with E-state index in [0.29, 0.717) is 45.3 Å². The third-order valence-corrected chi connectivity index (χ3v) is 7.99. The van der Waals surface area contributed by atoms with E-state index in [-0.39, 0.29) is 17.4 Å². The van der Waals surface area contributed by atoms with E-state index in [9.17, 15) is 19.2 Å². The first-order valence-corrected chi connectivity index (χ1v) is 15.4. The van der Waals surface area contributed by atoms with Crippen molar-refractivity contribution in [3.8, 4) is 17.2 Å². The van der Waals surface area contributed by atoms with Gasteiger partial charge in [0.2, 0.25) is 11.7 Å². The molecule has 1 atom stereocenters. The fourth-order valence-electron chi connectivity index (χ4n) is 4.40. The maximum absolute atomic E-state index is 13.5. The van der Waals surface area contributed by atoms with Crippen LogP contribution in [0.5, 0.6) is 17.2 Å². The van der Waals surface area contributed by atoms with Crippen molar-refractivity contribution in [1.29, 1.82) is 0 Å². The van der Waals surface area contributed by atoms with Gasteiger partial charge < -0.3 is 30.2 Å². The molecule has 4 aromatic carbocycles. The predicted octanol–water partition coefficient (Wildman–Crippen LogP) is 6.44. The highest BCUT2D eigenvalue weighted by molar-refractivity contribution is 8.00. The summed E-state index contributed by atoms with van der Waals surface area (Å²) in [5.41, 5.74) is 2.52. The molecule has 47 heavy (non-hydrogen) atoms. The molecule has 3 amide bonds. The second-order valence-corrected chi connectivity index (χ2v) is 11.6. The van der Waals surface area contributed by atoms with Gasteiger partial charge in [0.15, 0.2) is 17.3 Å². The van der Waals surface area contributed by atoms with Gasteiger partial charge in [-0.25, -0.2) is 0 Å². The number of Topliss-reactive ketones (excluding diaryl/α,β-unsaturated/α-hetero) is 1. The highest BCUT2D eigenvalue weighted by atomic mass is 32.2. The average molecular weight is 654 g/mol. The number of ketones is 1. The Morgan fingerprint density at radius 1 is 0.723 bits per heavy atom. The molecule has 0 heterocycles. The van der Waals surface area contributed by atoms with Gasteiger partial charge in [0.25, 0.3) is 11.8 Å². The molecule has 0 aliphatic rings. The molecule has 11 heteroatoms. The molecule has 0 radical (unpaired) electrons. The van der Waals surface area contributed by atoms with E-state index < -0.39 is 17.1 Å². The number of benzene rings is 4. The first-order valence-electron chi connectivity index (χ1n) is 14.5. The molecule has 0 aliphatic carbocycles. The van der Waals surface area contributed by atoms with Gasteiger partial charge in [0, 0.05) is 27.4 Å². The van der Waals surface area contributed by atoms with E-state index in [0.717, 1.165) is 4.90 Å². The Morgan fingerprint density at radius 2 is 1.30 bits per heavy atom. The van der Waals surface area contributed by atoms with Crippen LogP contribution in [0.3, 0.4) is 0 Å². The van der Waals surface area contributed by atoms with Crippen LogP contribution in [0.4, 0.5) is 11.4 Å². The molecule has 0 saturated carbocycles. The SMILES string of the molecule is COc1cc(/C=C(\NC(=O)c2ccccc2)C(=O)Nc2ccc(SC(C)C(=O)Nc3ccc(C(C)=O)cc3)cc2)cc(OC)c1OC. The Kier molecular flexibility index (Phi) is 11.8. The fraction of sp³-hybridized carbons (Fsp3) is 0.167. The van der Waals surface area contributed by atoms with Gasteiger partial charge in [-0.05, 0) is 98.3 Å². The van der Waals surface area contributed by atoms with Gasteiger partial charge in [-0.3, -0.25) is 19.2 Å². The van der Waals surface area contributed by atoms with E-state index in [2.05, 4.69) is 16.0 Å². The van der Waals surface area contributed by atoms with Crippen molar-refractivity contribution in [2.75, 3.05) is 32.0 Å². The molecule has 3 N–H and O–H groups in total. The summed E-state index contributed by atoms with van der Waals surface area (Å²) >= 11 is 1.35. The van der Waals surface area contributed by atoms with Crippen LogP contribution in [0, 0.1) is 0 Å². The summed E-state index contributed by atoms with van der Waals surface area (Å²) in [6.07, 6.45) is 1.51. The van der Waals surface area contributed by atoms with Crippen LogP contribution in [0.1, 0.15) is 40.1 Å². The zero-order valence-electron chi connectivity index (χ0n) is 26.6. The van der Waals surface area contributed by atoms with Crippen molar-refractivity contribution in [2.24, 2.45) is 0 Å². The second-order valence-electron chi connectivity index (χ2n) is 10.2. The number of hydrogen-bond donors (Lipinski definition) is 3. The van der Waals surface area contributed by atoms with Crippen LogP contribution in [0.25, 0.3) is 6.08 Å². The Labute approximate surface area is 277 Å². The first-order chi connectivity index (χ1) is 22.6. The maximum Gasteiger partial charge on any atom is 0.272 e. The Hall–Kier alpha value is -5.55. The molecule has 1 unspecified atom stereocenters. The zero-order chi connectivity index (χ0) is 33.9. The molecule has 242 valence electrons. The van der Waals surface area contributed by atoms with Crippen molar-refractivity contribution in [3.05, 3.63) is 113 Å². The summed E-state index contributed by atoms with van der Waals surface area (Å²) < 4.78 is 16.3. The third kappa shape index (κ3) is 9.24. The average Bonchev–Trinajstić information content (AvgIpc) is 3.08. The van der Waals surface area contributed by atoms with E-state index >= 15 is 0 Å². The van der Waals surface area contributed by atoms with E-state index in [1.165, 1.54) is 46.1 Å². The maximum atomic E-state index is 13.5. The lowest BCUT2D eigenvalue weighted by Crippen LogP contribution is -2.30. The molecular weight excluding hydrogens is 618 g/mol. The fourth-order valence-corrected chi connectivity index (χ4v) is 5.27. The quantitative estimate of drug-likeness (QED) is 0.0853. The lowest BCUT2D eigenvalue weighted by molar-refractivity contribution is -0.115. The number of anilines is 2. The minimum Gasteiger partial charge on any atom is -0.493 e. The smallest absolute Gasteiger partial charge is 0.272 e. The Balaban J connectivity index is 1.49. The van der Waals surface area contributed by atoms with Gasteiger partial charge in [-0.1, -0.05) is 18.2 Å². The number of thioether (sulfide) groups is 1. The van der Waals surface area contributed by atoms with Gasteiger partial charge in [-0.2, -0.15) is 0 Å². The number of hydrogen-bond acceptors (Lipinski definition) is 8. The molecule has 0 bridgehead atoms. The van der Waals surface area contributed by atoms with E-state index in [1.807, 2.05) is 0 Å². The van der Waals surface area contributed by atoms with Crippen LogP contribution in [0.15, 0.2) is 102 Å². The molecular formula is C36H35N3O7S. The van der Waals surface area contributed by atoms with Crippen LogP contribution in [-0.4, -0.2) is 50.1 Å². The number of carbonyl (C=O) groups is 4. The molecule has 10 nitrogen and oxygen atoms in total. The first kappa shape index (κ1) is 34.3. The number of amides is 3. The van der Waals surface area contributed by atoms with Gasteiger partial charge in [-0.15, -0.1) is 11.8 Å². The largest absolute Gasteiger partial charge is 0.493 e. The van der Waals surface area contributed by atoms with Crippen molar-refractivity contribution in [2.45, 2.75) is 24.0 Å². The highest BCUT2D eigenvalue weighted by Gasteiger charge is 2.19. The number of carbonyl (C=O) groups excluding carboxylic acids is 4. The number of rotatable bonds is 13. The normalized spacial score (nSPS) is 11.6. The zero-order valence-corrected chi connectivity index (χ0v) is 27.4. The summed E-state index contributed by atoms with van der Waals surface area (Å²) in [6, 6.07) is 25.6. The molecule has 0 aromatic heterocycles. The van der Waals surface area contributed by atoms with Gasteiger partial charge in [0.05, 0.1) is 26.6 Å².